The van der Waals surface area contributed by atoms with Gasteiger partial charge in [-0.2, -0.15) is 0 Å². The molecule has 0 bridgehead atoms. The lowest BCUT2D eigenvalue weighted by atomic mass is 9.82. The van der Waals surface area contributed by atoms with E-state index in [9.17, 15) is 14.3 Å². The Balaban J connectivity index is 1.56. The van der Waals surface area contributed by atoms with Crippen molar-refractivity contribution in [2.45, 2.75) is 45.4 Å². The number of carboxylic acid groups (broad SMARTS) is 1. The Bertz CT molecular complexity index is 1030. The van der Waals surface area contributed by atoms with E-state index >= 15 is 0 Å². The third-order valence-corrected chi connectivity index (χ3v) is 7.26. The smallest absolute Gasteiger partial charge is 0.313 e. The van der Waals surface area contributed by atoms with E-state index in [1.807, 2.05) is 6.08 Å². The Morgan fingerprint density at radius 3 is 2.14 bits per heavy atom. The van der Waals surface area contributed by atoms with Gasteiger partial charge in [0.1, 0.15) is 0 Å². The second-order valence-corrected chi connectivity index (χ2v) is 9.06. The van der Waals surface area contributed by atoms with E-state index in [1.54, 1.807) is 0 Å². The molecule has 3 aliphatic rings. The van der Waals surface area contributed by atoms with Crippen LogP contribution in [0.5, 0.6) is 0 Å². The summed E-state index contributed by atoms with van der Waals surface area (Å²) in [5.74, 6) is -1.00. The van der Waals surface area contributed by atoms with Crippen LogP contribution < -0.4 is 11.5 Å². The summed E-state index contributed by atoms with van der Waals surface area (Å²) in [7, 11) is 0. The largest absolute Gasteiger partial charge is 0.481 e. The van der Waals surface area contributed by atoms with Crippen LogP contribution in [0.25, 0.3) is 11.6 Å². The molecule has 0 atom stereocenters. The van der Waals surface area contributed by atoms with E-state index in [1.165, 1.54) is 35.5 Å². The van der Waals surface area contributed by atoms with Gasteiger partial charge in [-0.25, -0.2) is 4.39 Å². The maximum Gasteiger partial charge on any atom is 0.313 e. The molecule has 1 heterocycles. The number of thiophene rings is 1. The molecule has 1 aromatic heterocycles. The standard InChI is InChI=1S/C23H25FN2O2S/c1-13(24)12-18-19(25)20(29-21(18)26)16-4-2-14(3-5-16)15-6-8-17(9-7-15)23(10-11-23)22(27)28/h2,4,6,8,12H,3,5,7,9-11,25-26H2,1H3,(H,27,28). The highest BCUT2D eigenvalue weighted by Crippen LogP contribution is 2.55. The van der Waals surface area contributed by atoms with Crippen molar-refractivity contribution in [2.75, 3.05) is 11.5 Å². The number of hydrogen-bond donors (Lipinski definition) is 3. The molecule has 1 saturated carbocycles. The van der Waals surface area contributed by atoms with Gasteiger partial charge in [0.25, 0.3) is 0 Å². The Hall–Kier alpha value is -2.60. The third kappa shape index (κ3) is 3.57. The van der Waals surface area contributed by atoms with Crippen molar-refractivity contribution >= 4 is 39.6 Å². The fourth-order valence-electron chi connectivity index (χ4n) is 4.26. The van der Waals surface area contributed by atoms with Crippen LogP contribution in [0.1, 0.15) is 55.9 Å². The van der Waals surface area contributed by atoms with Crippen molar-refractivity contribution in [3.63, 3.8) is 0 Å². The van der Waals surface area contributed by atoms with Gasteiger partial charge in [-0.15, -0.1) is 11.3 Å². The lowest BCUT2D eigenvalue weighted by molar-refractivity contribution is -0.141. The van der Waals surface area contributed by atoms with Gasteiger partial charge in [0.2, 0.25) is 0 Å². The summed E-state index contributed by atoms with van der Waals surface area (Å²) < 4.78 is 13.3. The van der Waals surface area contributed by atoms with Crippen LogP contribution in [-0.4, -0.2) is 11.1 Å². The Morgan fingerprint density at radius 2 is 1.66 bits per heavy atom. The molecule has 152 valence electrons. The predicted octanol–water partition coefficient (Wildman–Crippen LogP) is 5.86. The van der Waals surface area contributed by atoms with Gasteiger partial charge in [0.05, 0.1) is 26.8 Å². The van der Waals surface area contributed by atoms with E-state index in [2.05, 4.69) is 18.2 Å². The van der Waals surface area contributed by atoms with E-state index in [0.29, 0.717) is 16.3 Å². The molecule has 4 nitrogen and oxygen atoms in total. The highest BCUT2D eigenvalue weighted by Gasteiger charge is 2.52. The summed E-state index contributed by atoms with van der Waals surface area (Å²) in [6.07, 6.45) is 14.7. The van der Waals surface area contributed by atoms with Crippen LogP contribution in [0, 0.1) is 5.41 Å². The molecule has 0 saturated heterocycles. The molecular weight excluding hydrogens is 387 g/mol. The van der Waals surface area contributed by atoms with Crippen LogP contribution in [0.2, 0.25) is 0 Å². The van der Waals surface area contributed by atoms with Gasteiger partial charge in [-0.05, 0) is 68.2 Å². The molecule has 3 aliphatic carbocycles. The minimum atomic E-state index is -0.685. The summed E-state index contributed by atoms with van der Waals surface area (Å²) in [5, 5.41) is 10.0. The van der Waals surface area contributed by atoms with Gasteiger partial charge in [-0.3, -0.25) is 4.79 Å². The average Bonchev–Trinajstić information content (AvgIpc) is 3.47. The maximum atomic E-state index is 13.3. The van der Waals surface area contributed by atoms with Crippen molar-refractivity contribution in [2.24, 2.45) is 5.41 Å². The van der Waals surface area contributed by atoms with Crippen LogP contribution in [0.4, 0.5) is 15.1 Å². The molecule has 5 N–H and O–H groups in total. The van der Waals surface area contributed by atoms with Crippen molar-refractivity contribution in [3.05, 3.63) is 57.3 Å². The quantitative estimate of drug-likeness (QED) is 0.565. The molecule has 0 unspecified atom stereocenters. The van der Waals surface area contributed by atoms with Crippen molar-refractivity contribution in [3.8, 4) is 0 Å². The highest BCUT2D eigenvalue weighted by atomic mass is 32.1. The van der Waals surface area contributed by atoms with Crippen molar-refractivity contribution < 1.29 is 14.3 Å². The number of aliphatic carboxylic acids is 1. The minimum absolute atomic E-state index is 0.319. The molecular formula is C23H25FN2O2S. The molecule has 0 aromatic carbocycles. The molecule has 1 aromatic rings. The zero-order chi connectivity index (χ0) is 20.8. The summed E-state index contributed by atoms with van der Waals surface area (Å²) in [4.78, 5) is 12.4. The van der Waals surface area contributed by atoms with Crippen LogP contribution in [0.3, 0.4) is 0 Å². The Kier molecular flexibility index (Phi) is 4.99. The number of nitrogens with two attached hydrogens (primary N) is 2. The first kappa shape index (κ1) is 19.7. The number of hydrogen-bond acceptors (Lipinski definition) is 4. The Labute approximate surface area is 173 Å². The minimum Gasteiger partial charge on any atom is -0.481 e. The molecule has 0 amide bonds. The number of allylic oxidation sites excluding steroid dienone is 8. The first-order chi connectivity index (χ1) is 13.8. The van der Waals surface area contributed by atoms with Gasteiger partial charge in [-0.1, -0.05) is 29.9 Å². The van der Waals surface area contributed by atoms with Gasteiger partial charge < -0.3 is 16.6 Å². The molecule has 29 heavy (non-hydrogen) atoms. The number of halogens is 1. The lowest BCUT2D eigenvalue weighted by Gasteiger charge is -2.22. The summed E-state index contributed by atoms with van der Waals surface area (Å²) in [6, 6.07) is 0. The van der Waals surface area contributed by atoms with Gasteiger partial charge in [0.15, 0.2) is 0 Å². The zero-order valence-corrected chi connectivity index (χ0v) is 17.2. The molecule has 1 fully saturated rings. The van der Waals surface area contributed by atoms with E-state index in [-0.39, 0.29) is 5.83 Å². The SMILES string of the molecule is CC(F)=Cc1c(N)sc(C2=CC=C(C3=CC=C(C4(C(=O)O)CC4)CC3)CC2)c1N. The molecule has 0 spiro atoms. The van der Waals surface area contributed by atoms with Gasteiger partial charge >= 0.3 is 5.97 Å². The number of carbonyl (C=O) groups is 1. The van der Waals surface area contributed by atoms with Crippen molar-refractivity contribution in [1.82, 2.24) is 0 Å². The number of anilines is 2. The van der Waals surface area contributed by atoms with E-state index < -0.39 is 11.4 Å². The zero-order valence-electron chi connectivity index (χ0n) is 16.4. The van der Waals surface area contributed by atoms with Crippen LogP contribution >= 0.6 is 11.3 Å². The van der Waals surface area contributed by atoms with E-state index in [0.717, 1.165) is 54.5 Å². The number of nitrogen functional groups attached to an aromatic ring is 2. The average molecular weight is 413 g/mol. The monoisotopic (exact) mass is 412 g/mol. The second kappa shape index (κ2) is 7.34. The maximum absolute atomic E-state index is 13.3. The fraction of sp³-hybridized carbons (Fsp3) is 0.348. The number of carboxylic acids is 1. The summed E-state index contributed by atoms with van der Waals surface area (Å²) >= 11 is 1.40. The summed E-state index contributed by atoms with van der Waals surface area (Å²) in [5.41, 5.74) is 17.6. The van der Waals surface area contributed by atoms with Crippen molar-refractivity contribution in [1.29, 1.82) is 0 Å². The first-order valence-corrected chi connectivity index (χ1v) is 10.7. The third-order valence-electron chi connectivity index (χ3n) is 6.13. The Morgan fingerprint density at radius 1 is 1.07 bits per heavy atom. The second-order valence-electron chi connectivity index (χ2n) is 8.01. The predicted molar refractivity (Wildman–Crippen MR) is 118 cm³/mol. The molecule has 0 aliphatic heterocycles. The fourth-order valence-corrected chi connectivity index (χ4v) is 5.28. The van der Waals surface area contributed by atoms with Gasteiger partial charge in [0, 0.05) is 5.56 Å². The summed E-state index contributed by atoms with van der Waals surface area (Å²) in [6.45, 7) is 1.38. The lowest BCUT2D eigenvalue weighted by Crippen LogP contribution is -2.18. The highest BCUT2D eigenvalue weighted by molar-refractivity contribution is 7.17. The molecule has 6 heteroatoms. The normalized spacial score (nSPS) is 21.1. The van der Waals surface area contributed by atoms with E-state index in [4.69, 9.17) is 11.5 Å². The van der Waals surface area contributed by atoms with Crippen LogP contribution in [-0.2, 0) is 4.79 Å². The molecule has 4 rings (SSSR count). The first-order valence-electron chi connectivity index (χ1n) is 9.87. The van der Waals surface area contributed by atoms with Crippen LogP contribution in [0.15, 0.2) is 46.9 Å². The number of rotatable bonds is 5. The topological polar surface area (TPSA) is 89.3 Å². The molecule has 0 radical (unpaired) electrons.